The molecule has 1 aliphatic heterocycles. The molecule has 1 aromatic carbocycles. The van der Waals surface area contributed by atoms with Gasteiger partial charge < -0.3 is 19.7 Å². The highest BCUT2D eigenvalue weighted by molar-refractivity contribution is 6.13. The fourth-order valence-electron chi connectivity index (χ4n) is 3.49. The van der Waals surface area contributed by atoms with E-state index in [0.717, 1.165) is 25.9 Å². The molecule has 0 bridgehead atoms. The van der Waals surface area contributed by atoms with Crippen molar-refractivity contribution in [1.82, 2.24) is 4.90 Å². The second kappa shape index (κ2) is 6.94. The third-order valence-electron chi connectivity index (χ3n) is 5.19. The summed E-state index contributed by atoms with van der Waals surface area (Å²) in [7, 11) is 3.11. The van der Waals surface area contributed by atoms with Gasteiger partial charge in [-0.1, -0.05) is 6.92 Å². The van der Waals surface area contributed by atoms with E-state index in [1.807, 2.05) is 4.90 Å². The lowest BCUT2D eigenvalue weighted by atomic mass is 9.96. The summed E-state index contributed by atoms with van der Waals surface area (Å²) in [5.74, 6) is 1.39. The summed E-state index contributed by atoms with van der Waals surface area (Å²) >= 11 is 0. The summed E-state index contributed by atoms with van der Waals surface area (Å²) in [4.78, 5) is 27.7. The fraction of sp³-hybridized carbons (Fsp3) is 0.579. The Kier molecular flexibility index (Phi) is 4.88. The van der Waals surface area contributed by atoms with Gasteiger partial charge in [0.25, 0.3) is 0 Å². The Labute approximate surface area is 148 Å². The number of piperidine rings is 1. The number of hydrogen-bond acceptors (Lipinski definition) is 4. The minimum absolute atomic E-state index is 0.0292. The predicted molar refractivity (Wildman–Crippen MR) is 94.8 cm³/mol. The molecule has 6 heteroatoms. The van der Waals surface area contributed by atoms with Gasteiger partial charge in [0, 0.05) is 19.2 Å². The summed E-state index contributed by atoms with van der Waals surface area (Å²) in [5, 5.41) is 2.88. The molecule has 0 aromatic heterocycles. The standard InChI is InChI=1S/C19H26N2O4/c1-13-5-4-10-21(12-13)18(23)19(8-9-19)17(22)20-15-11-14(24-2)6-7-16(15)25-3/h6-7,11,13H,4-5,8-10,12H2,1-3H3,(H,20,22). The largest absolute Gasteiger partial charge is 0.497 e. The van der Waals surface area contributed by atoms with Crippen molar-refractivity contribution in [3.8, 4) is 11.5 Å². The van der Waals surface area contributed by atoms with Crippen LogP contribution in [0.25, 0.3) is 0 Å². The summed E-state index contributed by atoms with van der Waals surface area (Å²) < 4.78 is 10.5. The molecule has 2 aliphatic rings. The number of carbonyl (C=O) groups is 2. The molecule has 2 amide bonds. The van der Waals surface area contributed by atoms with Crippen molar-refractivity contribution in [3.63, 3.8) is 0 Å². The van der Waals surface area contributed by atoms with E-state index in [4.69, 9.17) is 9.47 Å². The highest BCUT2D eigenvalue weighted by Gasteiger charge is 2.58. The second-order valence-electron chi connectivity index (χ2n) is 7.10. The topological polar surface area (TPSA) is 67.9 Å². The lowest BCUT2D eigenvalue weighted by Crippen LogP contribution is -2.46. The van der Waals surface area contributed by atoms with Gasteiger partial charge >= 0.3 is 0 Å². The van der Waals surface area contributed by atoms with Crippen molar-refractivity contribution in [2.75, 3.05) is 32.6 Å². The number of benzene rings is 1. The first-order valence-electron chi connectivity index (χ1n) is 8.83. The van der Waals surface area contributed by atoms with Crippen LogP contribution < -0.4 is 14.8 Å². The van der Waals surface area contributed by atoms with E-state index >= 15 is 0 Å². The van der Waals surface area contributed by atoms with Crippen LogP contribution in [0.1, 0.15) is 32.6 Å². The minimum Gasteiger partial charge on any atom is -0.497 e. The number of carbonyl (C=O) groups excluding carboxylic acids is 2. The van der Waals surface area contributed by atoms with Crippen LogP contribution in [0.15, 0.2) is 18.2 Å². The van der Waals surface area contributed by atoms with Gasteiger partial charge in [0.2, 0.25) is 11.8 Å². The van der Waals surface area contributed by atoms with Gasteiger partial charge in [0.15, 0.2) is 0 Å². The average molecular weight is 346 g/mol. The molecule has 0 radical (unpaired) electrons. The van der Waals surface area contributed by atoms with Crippen LogP contribution >= 0.6 is 0 Å². The first kappa shape index (κ1) is 17.6. The molecule has 25 heavy (non-hydrogen) atoms. The van der Waals surface area contributed by atoms with E-state index < -0.39 is 5.41 Å². The van der Waals surface area contributed by atoms with E-state index in [2.05, 4.69) is 12.2 Å². The van der Waals surface area contributed by atoms with Crippen LogP contribution in [-0.4, -0.2) is 44.0 Å². The van der Waals surface area contributed by atoms with Gasteiger partial charge in [0.05, 0.1) is 19.9 Å². The van der Waals surface area contributed by atoms with Gasteiger partial charge in [0.1, 0.15) is 16.9 Å². The third-order valence-corrected chi connectivity index (χ3v) is 5.19. The number of hydrogen-bond donors (Lipinski definition) is 1. The maximum absolute atomic E-state index is 12.9. The number of nitrogens with one attached hydrogen (secondary N) is 1. The Morgan fingerprint density at radius 2 is 2.00 bits per heavy atom. The zero-order valence-corrected chi connectivity index (χ0v) is 15.1. The van der Waals surface area contributed by atoms with E-state index in [0.29, 0.717) is 35.9 Å². The Hall–Kier alpha value is -2.24. The van der Waals surface area contributed by atoms with Gasteiger partial charge in [-0.25, -0.2) is 0 Å². The maximum Gasteiger partial charge on any atom is 0.240 e. The highest BCUT2D eigenvalue weighted by Crippen LogP contribution is 2.49. The van der Waals surface area contributed by atoms with Crippen molar-refractivity contribution < 1.29 is 19.1 Å². The van der Waals surface area contributed by atoms with Crippen molar-refractivity contribution in [2.45, 2.75) is 32.6 Å². The first-order chi connectivity index (χ1) is 12.0. The van der Waals surface area contributed by atoms with Crippen LogP contribution in [0, 0.1) is 11.3 Å². The third kappa shape index (κ3) is 3.43. The molecule has 1 saturated heterocycles. The molecule has 1 atom stereocenters. The van der Waals surface area contributed by atoms with E-state index in [1.165, 1.54) is 0 Å². The number of amides is 2. The van der Waals surface area contributed by atoms with E-state index in [9.17, 15) is 9.59 Å². The van der Waals surface area contributed by atoms with Gasteiger partial charge in [-0.05, 0) is 43.7 Å². The summed E-state index contributed by atoms with van der Waals surface area (Å²) in [6, 6.07) is 5.21. The predicted octanol–water partition coefficient (Wildman–Crippen LogP) is 2.68. The summed E-state index contributed by atoms with van der Waals surface area (Å²) in [5.41, 5.74) is -0.386. The molecular formula is C19H26N2O4. The van der Waals surface area contributed by atoms with Crippen molar-refractivity contribution in [2.24, 2.45) is 11.3 Å². The Morgan fingerprint density at radius 1 is 1.24 bits per heavy atom. The van der Waals surface area contributed by atoms with Gasteiger partial charge in [-0.2, -0.15) is 0 Å². The van der Waals surface area contributed by atoms with E-state index in [-0.39, 0.29) is 11.8 Å². The smallest absolute Gasteiger partial charge is 0.240 e. The molecule has 6 nitrogen and oxygen atoms in total. The van der Waals surface area contributed by atoms with Gasteiger partial charge in [-0.3, -0.25) is 9.59 Å². The van der Waals surface area contributed by atoms with Crippen LogP contribution in [0.5, 0.6) is 11.5 Å². The number of nitrogens with zero attached hydrogens (tertiary/aromatic N) is 1. The monoisotopic (exact) mass is 346 g/mol. The molecule has 2 fully saturated rings. The number of methoxy groups -OCH3 is 2. The number of ether oxygens (including phenoxy) is 2. The normalized spacial score (nSPS) is 21.4. The Morgan fingerprint density at radius 3 is 2.60 bits per heavy atom. The molecule has 1 saturated carbocycles. The lowest BCUT2D eigenvalue weighted by Gasteiger charge is -2.33. The average Bonchev–Trinajstić information content (AvgIpc) is 3.43. The SMILES string of the molecule is COc1ccc(OC)c(NC(=O)C2(C(=O)N3CCCC(C)C3)CC2)c1. The van der Waals surface area contributed by atoms with Crippen LogP contribution in [0.3, 0.4) is 0 Å². The van der Waals surface area contributed by atoms with Crippen molar-refractivity contribution in [1.29, 1.82) is 0 Å². The van der Waals surface area contributed by atoms with Crippen LogP contribution in [0.2, 0.25) is 0 Å². The minimum atomic E-state index is -0.912. The lowest BCUT2D eigenvalue weighted by molar-refractivity contribution is -0.143. The quantitative estimate of drug-likeness (QED) is 0.833. The first-order valence-corrected chi connectivity index (χ1v) is 8.83. The Balaban J connectivity index is 1.75. The summed E-state index contributed by atoms with van der Waals surface area (Å²) in [6.07, 6.45) is 3.36. The number of rotatable bonds is 5. The molecule has 0 spiro atoms. The zero-order chi connectivity index (χ0) is 18.0. The van der Waals surface area contributed by atoms with Crippen LogP contribution in [-0.2, 0) is 9.59 Å². The number of likely N-dealkylation sites (tertiary alicyclic amines) is 1. The van der Waals surface area contributed by atoms with Crippen molar-refractivity contribution >= 4 is 17.5 Å². The van der Waals surface area contributed by atoms with E-state index in [1.54, 1.807) is 32.4 Å². The molecular weight excluding hydrogens is 320 g/mol. The second-order valence-corrected chi connectivity index (χ2v) is 7.10. The molecule has 1 heterocycles. The molecule has 1 unspecified atom stereocenters. The fourth-order valence-corrected chi connectivity index (χ4v) is 3.49. The maximum atomic E-state index is 12.9. The molecule has 136 valence electrons. The molecule has 3 rings (SSSR count). The zero-order valence-electron chi connectivity index (χ0n) is 15.1. The van der Waals surface area contributed by atoms with Crippen molar-refractivity contribution in [3.05, 3.63) is 18.2 Å². The van der Waals surface area contributed by atoms with Gasteiger partial charge in [-0.15, -0.1) is 0 Å². The molecule has 1 aromatic rings. The Bertz CT molecular complexity index is 669. The van der Waals surface area contributed by atoms with Crippen LogP contribution in [0.4, 0.5) is 5.69 Å². The molecule has 1 aliphatic carbocycles. The highest BCUT2D eigenvalue weighted by atomic mass is 16.5. The number of anilines is 1. The summed E-state index contributed by atoms with van der Waals surface area (Å²) in [6.45, 7) is 3.65. The molecule has 1 N–H and O–H groups in total.